The number of aliphatic hydroxyl groups is 1. The Morgan fingerprint density at radius 3 is 2.22 bits per heavy atom. The minimum atomic E-state index is -0.731. The van der Waals surface area contributed by atoms with Gasteiger partial charge in [0.05, 0.1) is 24.6 Å². The molecule has 2 aromatic rings. The Balaban J connectivity index is 0.000000173. The van der Waals surface area contributed by atoms with Crippen LogP contribution in [0.15, 0.2) is 58.1 Å². The molecule has 10 nitrogen and oxygen atoms in total. The summed E-state index contributed by atoms with van der Waals surface area (Å²) in [6.07, 6.45) is 2.15. The van der Waals surface area contributed by atoms with E-state index in [1.54, 1.807) is 30.6 Å². The summed E-state index contributed by atoms with van der Waals surface area (Å²) in [4.78, 5) is 32.5. The smallest absolute Gasteiger partial charge is 0.352 e. The predicted molar refractivity (Wildman–Crippen MR) is 134 cm³/mol. The number of pyridine rings is 2. The van der Waals surface area contributed by atoms with E-state index in [1.165, 1.54) is 0 Å². The summed E-state index contributed by atoms with van der Waals surface area (Å²) in [5.74, 6) is -1.13. The molecule has 1 fully saturated rings. The molecule has 0 spiro atoms. The Morgan fingerprint density at radius 1 is 0.946 bits per heavy atom. The lowest BCUT2D eigenvalue weighted by atomic mass is 10.2. The van der Waals surface area contributed by atoms with E-state index < -0.39 is 24.1 Å². The number of halogens is 4. The van der Waals surface area contributed by atoms with E-state index in [0.717, 1.165) is 11.1 Å². The summed E-state index contributed by atoms with van der Waals surface area (Å²) in [5.41, 5.74) is 2.89. The molecule has 2 aromatic heterocycles. The van der Waals surface area contributed by atoms with Crippen LogP contribution in [0.3, 0.4) is 0 Å². The van der Waals surface area contributed by atoms with Gasteiger partial charge < -0.3 is 29.5 Å². The second-order valence-corrected chi connectivity index (χ2v) is 9.46. The zero-order chi connectivity index (χ0) is 26.5. The topological polar surface area (TPSA) is 123 Å². The van der Waals surface area contributed by atoms with Crippen LogP contribution in [0.1, 0.15) is 11.1 Å². The number of carbonyl (C=O) groups excluding carboxylic acids is 2. The molecule has 0 saturated carbocycles. The van der Waals surface area contributed by atoms with Crippen molar-refractivity contribution in [2.24, 2.45) is 0 Å². The standard InChI is InChI=1S/C12H10Cl2N2O3.C11H10Cl2N2O3/c13-9-2-1-7(3-15-9)4-16-6-18-5-8-11(16)10(14)12(17)19-8;12-8-2-1-6(3-14-8)4-15-10-7(5-16)18-11(17)9(10)13/h1-3,8H,4-6H2;1-3,7,15-16H,4-5H2. The van der Waals surface area contributed by atoms with Crippen LogP contribution in [-0.4, -0.2) is 64.1 Å². The van der Waals surface area contributed by atoms with Crippen molar-refractivity contribution in [1.82, 2.24) is 20.2 Å². The van der Waals surface area contributed by atoms with Gasteiger partial charge in [-0.1, -0.05) is 58.5 Å². The van der Waals surface area contributed by atoms with E-state index in [-0.39, 0.29) is 16.7 Å². The molecular formula is C23H20Cl4N4O6. The summed E-state index contributed by atoms with van der Waals surface area (Å²) in [7, 11) is 0. The van der Waals surface area contributed by atoms with Gasteiger partial charge in [-0.25, -0.2) is 19.6 Å². The van der Waals surface area contributed by atoms with Gasteiger partial charge >= 0.3 is 11.9 Å². The van der Waals surface area contributed by atoms with Crippen LogP contribution in [0.25, 0.3) is 0 Å². The highest BCUT2D eigenvalue weighted by molar-refractivity contribution is 6.42. The maximum absolute atomic E-state index is 11.5. The zero-order valence-corrected chi connectivity index (χ0v) is 22.0. The fourth-order valence-corrected chi connectivity index (χ4v) is 4.39. The number of fused-ring (bicyclic) bond motifs is 1. The quantitative estimate of drug-likeness (QED) is 0.384. The molecule has 2 N–H and O–H groups in total. The zero-order valence-electron chi connectivity index (χ0n) is 19.0. The SMILES string of the molecule is O=C1OC(CO)C(NCc2ccc(Cl)nc2)=C1Cl.O=C1OC2COCN(Cc3ccc(Cl)nc3)C2=C1Cl. The molecule has 196 valence electrons. The van der Waals surface area contributed by atoms with E-state index in [1.807, 2.05) is 11.0 Å². The first-order valence-corrected chi connectivity index (χ1v) is 12.4. The van der Waals surface area contributed by atoms with Gasteiger partial charge in [0.25, 0.3) is 0 Å². The molecule has 3 aliphatic heterocycles. The number of rotatable bonds is 6. The van der Waals surface area contributed by atoms with Crippen molar-refractivity contribution < 1.29 is 28.9 Å². The van der Waals surface area contributed by atoms with Crippen molar-refractivity contribution in [3.05, 3.63) is 79.6 Å². The lowest BCUT2D eigenvalue weighted by Gasteiger charge is -2.33. The Morgan fingerprint density at radius 2 is 1.59 bits per heavy atom. The Kier molecular flexibility index (Phi) is 9.12. The fraction of sp³-hybridized carbons (Fsp3) is 0.304. The third-order valence-electron chi connectivity index (χ3n) is 5.40. The maximum Gasteiger partial charge on any atom is 0.352 e. The number of hydrogen-bond acceptors (Lipinski definition) is 10. The van der Waals surface area contributed by atoms with Crippen molar-refractivity contribution in [1.29, 1.82) is 0 Å². The van der Waals surface area contributed by atoms with Crippen molar-refractivity contribution in [3.8, 4) is 0 Å². The Hall–Kier alpha value is -2.60. The van der Waals surface area contributed by atoms with Crippen LogP contribution in [0, 0.1) is 0 Å². The molecule has 0 radical (unpaired) electrons. The van der Waals surface area contributed by atoms with Crippen LogP contribution < -0.4 is 5.32 Å². The molecule has 0 amide bonds. The Bertz CT molecular complexity index is 1220. The molecule has 0 bridgehead atoms. The molecular weight excluding hydrogens is 570 g/mol. The average molecular weight is 590 g/mol. The molecule has 14 heteroatoms. The number of carbonyl (C=O) groups is 2. The van der Waals surface area contributed by atoms with Gasteiger partial charge in [-0.2, -0.15) is 0 Å². The summed E-state index contributed by atoms with van der Waals surface area (Å²) in [6, 6.07) is 7.03. The Labute approximate surface area is 231 Å². The summed E-state index contributed by atoms with van der Waals surface area (Å²) in [6.45, 7) is 1.32. The van der Waals surface area contributed by atoms with E-state index >= 15 is 0 Å². The molecule has 37 heavy (non-hydrogen) atoms. The third-order valence-corrected chi connectivity index (χ3v) is 6.55. The van der Waals surface area contributed by atoms with Crippen LogP contribution >= 0.6 is 46.4 Å². The lowest BCUT2D eigenvalue weighted by Crippen LogP contribution is -2.39. The van der Waals surface area contributed by atoms with Crippen LogP contribution in [0.4, 0.5) is 0 Å². The van der Waals surface area contributed by atoms with Gasteiger partial charge in [-0.05, 0) is 23.3 Å². The van der Waals surface area contributed by atoms with Crippen LogP contribution in [-0.2, 0) is 36.9 Å². The molecule has 5 heterocycles. The number of esters is 2. The van der Waals surface area contributed by atoms with E-state index in [2.05, 4.69) is 15.3 Å². The van der Waals surface area contributed by atoms with E-state index in [9.17, 15) is 9.59 Å². The van der Waals surface area contributed by atoms with Gasteiger partial charge in [-0.3, -0.25) is 0 Å². The molecule has 2 atom stereocenters. The third kappa shape index (κ3) is 6.64. The van der Waals surface area contributed by atoms with Crippen LogP contribution in [0.2, 0.25) is 10.3 Å². The second-order valence-electron chi connectivity index (χ2n) is 7.93. The first kappa shape index (κ1) is 27.4. The summed E-state index contributed by atoms with van der Waals surface area (Å²) >= 11 is 23.2. The predicted octanol–water partition coefficient (Wildman–Crippen LogP) is 3.09. The minimum Gasteiger partial charge on any atom is -0.449 e. The normalized spacial score (nSPS) is 20.8. The van der Waals surface area contributed by atoms with Gasteiger partial charge in [0, 0.05) is 25.5 Å². The van der Waals surface area contributed by atoms with Gasteiger partial charge in [-0.15, -0.1) is 0 Å². The number of aromatic nitrogens is 2. The number of nitrogens with zero attached hydrogens (tertiary/aromatic N) is 3. The highest BCUT2D eigenvalue weighted by Gasteiger charge is 2.39. The van der Waals surface area contributed by atoms with Gasteiger partial charge in [0.2, 0.25) is 0 Å². The van der Waals surface area contributed by atoms with Crippen molar-refractivity contribution in [2.75, 3.05) is 19.9 Å². The van der Waals surface area contributed by atoms with Crippen molar-refractivity contribution in [3.63, 3.8) is 0 Å². The highest BCUT2D eigenvalue weighted by atomic mass is 35.5. The number of nitrogens with one attached hydrogen (secondary N) is 1. The lowest BCUT2D eigenvalue weighted by molar-refractivity contribution is -0.145. The number of aliphatic hydroxyl groups excluding tert-OH is 1. The van der Waals surface area contributed by atoms with Gasteiger partial charge in [0.15, 0.2) is 12.2 Å². The number of hydrogen-bond donors (Lipinski definition) is 2. The van der Waals surface area contributed by atoms with E-state index in [4.69, 9.17) is 65.7 Å². The van der Waals surface area contributed by atoms with Crippen molar-refractivity contribution >= 4 is 58.3 Å². The van der Waals surface area contributed by atoms with Gasteiger partial charge in [0.1, 0.15) is 27.1 Å². The molecule has 3 aliphatic rings. The second kappa shape index (κ2) is 12.3. The molecule has 5 rings (SSSR count). The monoisotopic (exact) mass is 588 g/mol. The number of ether oxygens (including phenoxy) is 3. The maximum atomic E-state index is 11.5. The highest BCUT2D eigenvalue weighted by Crippen LogP contribution is 2.32. The largest absolute Gasteiger partial charge is 0.449 e. The van der Waals surface area contributed by atoms with Crippen molar-refractivity contribution in [2.45, 2.75) is 25.3 Å². The molecule has 1 saturated heterocycles. The minimum absolute atomic E-state index is 0.0315. The van der Waals surface area contributed by atoms with Crippen LogP contribution in [0.5, 0.6) is 0 Å². The molecule has 2 unspecified atom stereocenters. The summed E-state index contributed by atoms with van der Waals surface area (Å²) in [5, 5.41) is 13.0. The first-order chi connectivity index (χ1) is 17.8. The molecule has 0 aliphatic carbocycles. The molecule has 0 aromatic carbocycles. The average Bonchev–Trinajstić information content (AvgIpc) is 3.35. The number of cyclic esters (lactones) is 1. The fourth-order valence-electron chi connectivity index (χ4n) is 3.65. The first-order valence-electron chi connectivity index (χ1n) is 10.9. The summed E-state index contributed by atoms with van der Waals surface area (Å²) < 4.78 is 15.4. The van der Waals surface area contributed by atoms with E-state index in [0.29, 0.717) is 48.1 Å².